The average Bonchev–Trinajstić information content (AvgIpc) is 3.10. The van der Waals surface area contributed by atoms with Crippen molar-refractivity contribution < 1.29 is 42.1 Å². The summed E-state index contributed by atoms with van der Waals surface area (Å²) >= 11 is 0. The summed E-state index contributed by atoms with van der Waals surface area (Å²) in [5.74, 6) is -0.889. The Morgan fingerprint density at radius 3 is 1.58 bits per heavy atom. The second-order valence-electron chi connectivity index (χ2n) is 13.9. The first-order valence-electron chi connectivity index (χ1n) is 19.8. The predicted molar refractivity (Wildman–Crippen MR) is 219 cm³/mol. The molecule has 0 heterocycles. The van der Waals surface area contributed by atoms with Gasteiger partial charge in [0.2, 0.25) is 0 Å². The monoisotopic (exact) mass is 763 g/mol. The van der Waals surface area contributed by atoms with E-state index in [1.54, 1.807) is 0 Å². The van der Waals surface area contributed by atoms with Crippen LogP contribution in [0.4, 0.5) is 0 Å². The van der Waals surface area contributed by atoms with Gasteiger partial charge in [-0.1, -0.05) is 131 Å². The first-order valence-corrected chi connectivity index (χ1v) is 21.3. The Kier molecular flexibility index (Phi) is 33.1. The molecular formula is C43H73NO8P+. The van der Waals surface area contributed by atoms with E-state index < -0.39 is 32.5 Å². The number of rotatable bonds is 34. The molecule has 2 atom stereocenters. The molecule has 0 aromatic heterocycles. The van der Waals surface area contributed by atoms with Gasteiger partial charge in [0, 0.05) is 12.8 Å². The number of carbonyl (C=O) groups is 2. The van der Waals surface area contributed by atoms with Gasteiger partial charge in [0.1, 0.15) is 19.8 Å². The van der Waals surface area contributed by atoms with Crippen molar-refractivity contribution >= 4 is 19.8 Å². The Morgan fingerprint density at radius 2 is 1.08 bits per heavy atom. The van der Waals surface area contributed by atoms with Crippen molar-refractivity contribution in [1.29, 1.82) is 0 Å². The number of quaternary nitrogens is 1. The fourth-order valence-electron chi connectivity index (χ4n) is 4.59. The predicted octanol–water partition coefficient (Wildman–Crippen LogP) is 10.8. The third-order valence-electron chi connectivity index (χ3n) is 7.69. The van der Waals surface area contributed by atoms with Crippen LogP contribution < -0.4 is 0 Å². The molecule has 0 bridgehead atoms. The first-order chi connectivity index (χ1) is 25.5. The summed E-state index contributed by atoms with van der Waals surface area (Å²) in [7, 11) is 1.42. The van der Waals surface area contributed by atoms with Gasteiger partial charge in [-0.25, -0.2) is 4.57 Å². The van der Waals surface area contributed by atoms with Crippen molar-refractivity contribution in [3.63, 3.8) is 0 Å². The Bertz CT molecular complexity index is 1180. The molecule has 0 saturated heterocycles. The van der Waals surface area contributed by atoms with Crippen molar-refractivity contribution in [3.05, 3.63) is 85.1 Å². The number of ether oxygens (including phenoxy) is 2. The Labute approximate surface area is 322 Å². The highest BCUT2D eigenvalue weighted by atomic mass is 31.2. The molecule has 0 aliphatic rings. The van der Waals surface area contributed by atoms with Crippen molar-refractivity contribution in [2.75, 3.05) is 47.5 Å². The largest absolute Gasteiger partial charge is 0.472 e. The lowest BCUT2D eigenvalue weighted by molar-refractivity contribution is -0.870. The number of phosphoric ester groups is 1. The van der Waals surface area contributed by atoms with Crippen LogP contribution in [-0.2, 0) is 32.7 Å². The van der Waals surface area contributed by atoms with Crippen LogP contribution in [-0.4, -0.2) is 74.9 Å². The van der Waals surface area contributed by atoms with E-state index in [1.807, 2.05) is 27.2 Å². The minimum atomic E-state index is -4.38. The zero-order valence-electron chi connectivity index (χ0n) is 33.7. The van der Waals surface area contributed by atoms with Gasteiger partial charge in [-0.2, -0.15) is 0 Å². The van der Waals surface area contributed by atoms with E-state index in [1.165, 1.54) is 6.42 Å². The number of hydrogen-bond acceptors (Lipinski definition) is 7. The van der Waals surface area contributed by atoms with Crippen molar-refractivity contribution in [1.82, 2.24) is 0 Å². The van der Waals surface area contributed by atoms with Gasteiger partial charge in [0.05, 0.1) is 27.7 Å². The molecule has 0 fully saturated rings. The topological polar surface area (TPSA) is 108 Å². The molecule has 53 heavy (non-hydrogen) atoms. The minimum Gasteiger partial charge on any atom is -0.462 e. The average molecular weight is 763 g/mol. The van der Waals surface area contributed by atoms with E-state index in [0.29, 0.717) is 23.9 Å². The highest BCUT2D eigenvalue weighted by Gasteiger charge is 2.27. The van der Waals surface area contributed by atoms with E-state index in [0.717, 1.165) is 77.0 Å². The van der Waals surface area contributed by atoms with Gasteiger partial charge in [-0.05, 0) is 64.2 Å². The number of likely N-dealkylation sites (N-methyl/N-ethyl adjacent to an activating group) is 1. The smallest absolute Gasteiger partial charge is 0.462 e. The lowest BCUT2D eigenvalue weighted by Crippen LogP contribution is -2.37. The number of unbranched alkanes of at least 4 members (excludes halogenated alkanes) is 6. The second-order valence-corrected chi connectivity index (χ2v) is 15.4. The van der Waals surface area contributed by atoms with Crippen LogP contribution in [0.1, 0.15) is 123 Å². The van der Waals surface area contributed by atoms with E-state index in [4.69, 9.17) is 18.5 Å². The zero-order chi connectivity index (χ0) is 39.3. The third kappa shape index (κ3) is 38.7. The highest BCUT2D eigenvalue weighted by Crippen LogP contribution is 2.43. The third-order valence-corrected chi connectivity index (χ3v) is 8.67. The van der Waals surface area contributed by atoms with Gasteiger partial charge in [-0.15, -0.1) is 0 Å². The van der Waals surface area contributed by atoms with Gasteiger partial charge in [0.25, 0.3) is 0 Å². The van der Waals surface area contributed by atoms with E-state index in [9.17, 15) is 19.0 Å². The molecular weight excluding hydrogens is 689 g/mol. The Balaban J connectivity index is 4.42. The van der Waals surface area contributed by atoms with Crippen LogP contribution in [0.2, 0.25) is 0 Å². The van der Waals surface area contributed by atoms with Crippen molar-refractivity contribution in [2.24, 2.45) is 0 Å². The molecule has 10 heteroatoms. The Morgan fingerprint density at radius 1 is 0.604 bits per heavy atom. The molecule has 0 aliphatic carbocycles. The summed E-state index contributed by atoms with van der Waals surface area (Å²) in [6, 6.07) is 0. The van der Waals surface area contributed by atoms with Gasteiger partial charge in [-0.3, -0.25) is 18.6 Å². The van der Waals surface area contributed by atoms with Crippen LogP contribution in [0.3, 0.4) is 0 Å². The molecule has 0 aromatic carbocycles. The summed E-state index contributed by atoms with van der Waals surface area (Å²) < 4.78 is 33.9. The number of phosphoric acid groups is 1. The zero-order valence-corrected chi connectivity index (χ0v) is 34.6. The van der Waals surface area contributed by atoms with Gasteiger partial charge < -0.3 is 18.9 Å². The summed E-state index contributed by atoms with van der Waals surface area (Å²) in [4.78, 5) is 35.0. The van der Waals surface area contributed by atoms with Crippen LogP contribution in [0.5, 0.6) is 0 Å². The number of allylic oxidation sites excluding steroid dienone is 14. The highest BCUT2D eigenvalue weighted by molar-refractivity contribution is 7.47. The fraction of sp³-hybridized carbons (Fsp3) is 0.628. The minimum absolute atomic E-state index is 0.0165. The normalized spacial score (nSPS) is 14.6. The van der Waals surface area contributed by atoms with Gasteiger partial charge >= 0.3 is 19.8 Å². The van der Waals surface area contributed by atoms with E-state index in [-0.39, 0.29) is 26.1 Å². The van der Waals surface area contributed by atoms with Crippen LogP contribution in [0.25, 0.3) is 0 Å². The van der Waals surface area contributed by atoms with E-state index in [2.05, 4.69) is 92.8 Å². The molecule has 1 N–H and O–H groups in total. The van der Waals surface area contributed by atoms with Crippen LogP contribution >= 0.6 is 7.82 Å². The summed E-state index contributed by atoms with van der Waals surface area (Å²) in [5, 5.41) is 0. The molecule has 0 saturated carbocycles. The molecule has 0 radical (unpaired) electrons. The molecule has 2 unspecified atom stereocenters. The lowest BCUT2D eigenvalue weighted by Gasteiger charge is -2.24. The summed E-state index contributed by atoms with van der Waals surface area (Å²) in [6.45, 7) is 4.13. The standard InChI is InChI=1S/C43H72NO8P/c1-6-8-10-12-14-15-16-17-18-19-20-21-22-23-24-25-26-27-28-29-30-32-34-36-43(46)52-41(39-49-42(45)35-33-31-13-11-9-7-2)40-51-53(47,48)50-38-37-44(3,4)5/h8,10,14-15,17-18,20-21,23-24,26-27,29-30,41H,6-7,9,11-13,16,19,22,25,28,31-40H2,1-5H3/p+1/b10-8-,15-14-,18-17-,21-20-,24-23-,27-26-,30-29-. The molecule has 0 amide bonds. The Hall–Kier alpha value is -2.81. The van der Waals surface area contributed by atoms with Crippen molar-refractivity contribution in [3.8, 4) is 0 Å². The van der Waals surface area contributed by atoms with E-state index >= 15 is 0 Å². The number of nitrogens with zero attached hydrogens (tertiary/aromatic N) is 1. The second kappa shape index (κ2) is 34.9. The van der Waals surface area contributed by atoms with Crippen LogP contribution in [0.15, 0.2) is 85.1 Å². The maximum atomic E-state index is 12.6. The number of esters is 2. The SMILES string of the molecule is CC/C=C\C/C=C\C/C=C\C/C=C\C/C=C\C/C=C\C/C=C\CCCC(=O)OC(COC(=O)CCCCCCCC)COP(=O)(O)OCC[N+](C)(C)C. The summed E-state index contributed by atoms with van der Waals surface area (Å²) in [5.41, 5.74) is 0. The molecule has 0 rings (SSSR count). The lowest BCUT2D eigenvalue weighted by atomic mass is 10.1. The number of hydrogen-bond donors (Lipinski definition) is 1. The van der Waals surface area contributed by atoms with Crippen molar-refractivity contribution in [2.45, 2.75) is 129 Å². The van der Waals surface area contributed by atoms with Gasteiger partial charge in [0.15, 0.2) is 6.10 Å². The maximum Gasteiger partial charge on any atom is 0.472 e. The molecule has 0 spiro atoms. The molecule has 9 nitrogen and oxygen atoms in total. The molecule has 0 aromatic rings. The number of carbonyl (C=O) groups excluding carboxylic acids is 2. The quantitative estimate of drug-likeness (QED) is 0.0227. The van der Waals surface area contributed by atoms with Crippen LogP contribution in [0, 0.1) is 0 Å². The fourth-order valence-corrected chi connectivity index (χ4v) is 5.33. The summed E-state index contributed by atoms with van der Waals surface area (Å²) in [6.07, 6.45) is 43.9. The maximum absolute atomic E-state index is 12.6. The first kappa shape index (κ1) is 50.2. The molecule has 0 aliphatic heterocycles. The molecule has 302 valence electrons.